The fourth-order valence-electron chi connectivity index (χ4n) is 1.52. The summed E-state index contributed by atoms with van der Waals surface area (Å²) in [6.07, 6.45) is 3.03. The van der Waals surface area contributed by atoms with Gasteiger partial charge in [-0.3, -0.25) is 4.79 Å². The predicted octanol–water partition coefficient (Wildman–Crippen LogP) is 1.78. The Hall–Kier alpha value is -2.30. The molecule has 0 spiro atoms. The third-order valence-electron chi connectivity index (χ3n) is 2.62. The summed E-state index contributed by atoms with van der Waals surface area (Å²) in [5.41, 5.74) is 1.01. The number of rotatable bonds is 7. The average Bonchev–Trinajstić information content (AvgIpc) is 2.49. The Bertz CT molecular complexity index is 456. The fraction of sp³-hybridized carbons (Fsp3) is 0.333. The van der Waals surface area contributed by atoms with Gasteiger partial charge in [-0.2, -0.15) is 0 Å². The Kier molecular flexibility index (Phi) is 6.89. The van der Waals surface area contributed by atoms with Gasteiger partial charge >= 0.3 is 5.97 Å². The lowest BCUT2D eigenvalue weighted by Crippen LogP contribution is -2.40. The van der Waals surface area contributed by atoms with Crippen molar-refractivity contribution in [2.45, 2.75) is 26.0 Å². The number of benzene rings is 1. The van der Waals surface area contributed by atoms with E-state index < -0.39 is 17.9 Å². The highest BCUT2D eigenvalue weighted by Gasteiger charge is 2.17. The lowest BCUT2D eigenvalue weighted by molar-refractivity contribution is -0.144. The van der Waals surface area contributed by atoms with Crippen LogP contribution in [0.2, 0.25) is 0 Å². The number of amides is 1. The molecule has 1 rings (SSSR count). The van der Waals surface area contributed by atoms with Crippen molar-refractivity contribution in [3.63, 3.8) is 0 Å². The zero-order valence-electron chi connectivity index (χ0n) is 11.7. The van der Waals surface area contributed by atoms with Crippen molar-refractivity contribution in [2.24, 2.45) is 0 Å². The molecule has 0 aromatic heterocycles. The van der Waals surface area contributed by atoms with Gasteiger partial charge in [-0.05, 0) is 12.0 Å². The van der Waals surface area contributed by atoms with Gasteiger partial charge in [-0.15, -0.1) is 0 Å². The lowest BCUT2D eigenvalue weighted by Gasteiger charge is -2.12. The maximum absolute atomic E-state index is 11.6. The molecule has 1 aromatic rings. The molecule has 0 fully saturated rings. The summed E-state index contributed by atoms with van der Waals surface area (Å²) in [6.45, 7) is 2.18. The molecule has 0 radical (unpaired) electrons. The topological polar surface area (TPSA) is 64.6 Å². The summed E-state index contributed by atoms with van der Waals surface area (Å²) in [7, 11) is 1.29. The van der Waals surface area contributed by atoms with Crippen molar-refractivity contribution in [3.8, 4) is 0 Å². The van der Waals surface area contributed by atoms with Crippen LogP contribution in [0.4, 0.5) is 0 Å². The number of ether oxygens (including phenoxy) is 2. The zero-order chi connectivity index (χ0) is 14.8. The Morgan fingerprint density at radius 3 is 2.60 bits per heavy atom. The van der Waals surface area contributed by atoms with E-state index in [0.29, 0.717) is 13.0 Å². The van der Waals surface area contributed by atoms with Crippen LogP contribution >= 0.6 is 0 Å². The van der Waals surface area contributed by atoms with E-state index in [2.05, 4.69) is 10.1 Å². The maximum Gasteiger partial charge on any atom is 0.328 e. The van der Waals surface area contributed by atoms with Crippen LogP contribution in [0.3, 0.4) is 0 Å². The first-order valence-electron chi connectivity index (χ1n) is 6.37. The van der Waals surface area contributed by atoms with Gasteiger partial charge in [0, 0.05) is 6.08 Å². The first-order valence-corrected chi connectivity index (χ1v) is 6.37. The molecule has 0 aliphatic rings. The van der Waals surface area contributed by atoms with Gasteiger partial charge in [0.2, 0.25) is 5.91 Å². The van der Waals surface area contributed by atoms with E-state index in [1.807, 2.05) is 30.3 Å². The van der Waals surface area contributed by atoms with Crippen LogP contribution in [0.1, 0.15) is 18.9 Å². The van der Waals surface area contributed by atoms with E-state index in [9.17, 15) is 9.59 Å². The van der Waals surface area contributed by atoms with Crippen molar-refractivity contribution in [3.05, 3.63) is 48.2 Å². The molecule has 0 saturated carbocycles. The Balaban J connectivity index is 2.34. The van der Waals surface area contributed by atoms with Gasteiger partial charge in [-0.25, -0.2) is 4.79 Å². The molecule has 108 valence electrons. The lowest BCUT2D eigenvalue weighted by atomic mass is 10.2. The van der Waals surface area contributed by atoms with E-state index >= 15 is 0 Å². The summed E-state index contributed by atoms with van der Waals surface area (Å²) in [4.78, 5) is 22.9. The van der Waals surface area contributed by atoms with E-state index in [1.165, 1.54) is 19.4 Å². The minimum atomic E-state index is -0.633. The molecular weight excluding hydrogens is 258 g/mol. The highest BCUT2D eigenvalue weighted by Crippen LogP contribution is 2.00. The van der Waals surface area contributed by atoms with Gasteiger partial charge in [0.05, 0.1) is 13.4 Å². The zero-order valence-corrected chi connectivity index (χ0v) is 11.7. The van der Waals surface area contributed by atoms with E-state index in [-0.39, 0.29) is 0 Å². The molecule has 1 unspecified atom stereocenters. The van der Waals surface area contributed by atoms with Crippen molar-refractivity contribution >= 4 is 11.9 Å². The first kappa shape index (κ1) is 15.8. The number of nitrogens with one attached hydrogen (secondary N) is 1. The van der Waals surface area contributed by atoms with Crippen LogP contribution in [0, 0.1) is 0 Å². The SMILES string of the molecule is CCC(NC(=O)C=COCc1ccccc1)C(=O)OC. The molecule has 0 saturated heterocycles. The quantitative estimate of drug-likeness (QED) is 0.469. The predicted molar refractivity (Wildman–Crippen MR) is 74.6 cm³/mol. The number of esters is 1. The largest absolute Gasteiger partial charge is 0.496 e. The van der Waals surface area contributed by atoms with Crippen LogP contribution in [0.5, 0.6) is 0 Å². The number of carbonyl (C=O) groups excluding carboxylic acids is 2. The smallest absolute Gasteiger partial charge is 0.328 e. The van der Waals surface area contributed by atoms with E-state index in [4.69, 9.17) is 4.74 Å². The monoisotopic (exact) mass is 277 g/mol. The standard InChI is InChI=1S/C15H19NO4/c1-3-13(15(18)19-2)16-14(17)9-10-20-11-12-7-5-4-6-8-12/h4-10,13H,3,11H2,1-2H3,(H,16,17). The van der Waals surface area contributed by atoms with Gasteiger partial charge in [0.25, 0.3) is 0 Å². The van der Waals surface area contributed by atoms with Gasteiger partial charge in [0.1, 0.15) is 12.6 Å². The fourth-order valence-corrected chi connectivity index (χ4v) is 1.52. The summed E-state index contributed by atoms with van der Waals surface area (Å²) in [5, 5.41) is 2.54. The van der Waals surface area contributed by atoms with Gasteiger partial charge < -0.3 is 14.8 Å². The molecule has 1 aromatic carbocycles. The number of methoxy groups -OCH3 is 1. The molecule has 0 bridgehead atoms. The molecule has 1 N–H and O–H groups in total. The molecule has 0 aliphatic carbocycles. The minimum Gasteiger partial charge on any atom is -0.496 e. The highest BCUT2D eigenvalue weighted by atomic mass is 16.5. The molecule has 0 aliphatic heterocycles. The third kappa shape index (κ3) is 5.56. The molecule has 5 nitrogen and oxygen atoms in total. The number of carbonyl (C=O) groups is 2. The van der Waals surface area contributed by atoms with Crippen molar-refractivity contribution in [2.75, 3.05) is 7.11 Å². The minimum absolute atomic E-state index is 0.388. The van der Waals surface area contributed by atoms with Crippen LogP contribution in [0.15, 0.2) is 42.7 Å². The second-order valence-corrected chi connectivity index (χ2v) is 4.09. The number of hydrogen-bond donors (Lipinski definition) is 1. The number of hydrogen-bond acceptors (Lipinski definition) is 4. The molecule has 5 heteroatoms. The average molecular weight is 277 g/mol. The van der Waals surface area contributed by atoms with E-state index in [0.717, 1.165) is 5.56 Å². The molecule has 0 heterocycles. The molecule has 1 atom stereocenters. The van der Waals surface area contributed by atoms with Crippen molar-refractivity contribution in [1.82, 2.24) is 5.32 Å². The summed E-state index contributed by atoms with van der Waals surface area (Å²) >= 11 is 0. The Morgan fingerprint density at radius 1 is 1.30 bits per heavy atom. The van der Waals surface area contributed by atoms with Gasteiger partial charge in [0.15, 0.2) is 0 Å². The highest BCUT2D eigenvalue weighted by molar-refractivity contribution is 5.91. The Morgan fingerprint density at radius 2 is 2.00 bits per heavy atom. The van der Waals surface area contributed by atoms with Crippen LogP contribution in [-0.4, -0.2) is 25.0 Å². The summed E-state index contributed by atoms with van der Waals surface area (Å²) in [5.74, 6) is -0.852. The van der Waals surface area contributed by atoms with Gasteiger partial charge in [-0.1, -0.05) is 37.3 Å². The van der Waals surface area contributed by atoms with Crippen LogP contribution < -0.4 is 5.32 Å². The Labute approximate surface area is 118 Å². The van der Waals surface area contributed by atoms with Crippen molar-refractivity contribution in [1.29, 1.82) is 0 Å². The molecule has 20 heavy (non-hydrogen) atoms. The van der Waals surface area contributed by atoms with Crippen molar-refractivity contribution < 1.29 is 19.1 Å². The van der Waals surface area contributed by atoms with Crippen LogP contribution in [-0.2, 0) is 25.7 Å². The molecular formula is C15H19NO4. The van der Waals surface area contributed by atoms with Crippen LogP contribution in [0.25, 0.3) is 0 Å². The molecule has 1 amide bonds. The second kappa shape index (κ2) is 8.74. The first-order chi connectivity index (χ1) is 9.67. The normalized spacial score (nSPS) is 11.9. The van der Waals surface area contributed by atoms with E-state index in [1.54, 1.807) is 6.92 Å². The second-order valence-electron chi connectivity index (χ2n) is 4.09. The third-order valence-corrected chi connectivity index (χ3v) is 2.62. The summed E-state index contributed by atoms with van der Waals surface area (Å²) in [6, 6.07) is 8.97. The summed E-state index contributed by atoms with van der Waals surface area (Å²) < 4.78 is 9.81. The maximum atomic E-state index is 11.6.